The summed E-state index contributed by atoms with van der Waals surface area (Å²) in [6, 6.07) is 3.50. The summed E-state index contributed by atoms with van der Waals surface area (Å²) in [4.78, 5) is 0. The fourth-order valence-corrected chi connectivity index (χ4v) is 3.84. The Morgan fingerprint density at radius 1 is 1.05 bits per heavy atom. The van der Waals surface area contributed by atoms with E-state index in [0.717, 1.165) is 21.0 Å². The van der Waals surface area contributed by atoms with Crippen LogP contribution in [-0.2, 0) is 0 Å². The van der Waals surface area contributed by atoms with Crippen LogP contribution in [0.1, 0.15) is 31.2 Å². The Hall–Kier alpha value is -1.25. The van der Waals surface area contributed by atoms with Crippen molar-refractivity contribution in [2.75, 3.05) is 21.3 Å². The molecule has 20 heavy (non-hydrogen) atoms. The van der Waals surface area contributed by atoms with Crippen molar-refractivity contribution >= 4 is 13.7 Å². The van der Waals surface area contributed by atoms with Gasteiger partial charge in [0.05, 0.1) is 26.9 Å². The molecule has 4 nitrogen and oxygen atoms in total. The molecule has 5 heteroatoms. The topological polar surface area (TPSA) is 50.8 Å². The molecule has 0 aliphatic heterocycles. The van der Waals surface area contributed by atoms with Crippen LogP contribution in [0.5, 0.6) is 17.2 Å². The minimum atomic E-state index is 0.0458. The van der Waals surface area contributed by atoms with Gasteiger partial charge in [-0.1, -0.05) is 12.8 Å². The van der Waals surface area contributed by atoms with Gasteiger partial charge in [0.2, 0.25) is 0 Å². The minimum Gasteiger partial charge on any atom is -0.823 e. The maximum Gasteiger partial charge on any atom is 0.170 e. The highest BCUT2D eigenvalue weighted by Gasteiger charge is 2.17. The summed E-state index contributed by atoms with van der Waals surface area (Å²) in [6.45, 7) is 0. The molecule has 0 heterocycles. The Morgan fingerprint density at radius 2 is 1.65 bits per heavy atom. The van der Waals surface area contributed by atoms with Gasteiger partial charge < -0.3 is 19.3 Å². The second-order valence-electron chi connectivity index (χ2n) is 4.75. The van der Waals surface area contributed by atoms with Gasteiger partial charge in [0.1, 0.15) is 5.75 Å². The number of benzene rings is 1. The molecule has 0 unspecified atom stereocenters. The van der Waals surface area contributed by atoms with Crippen LogP contribution in [-0.4, -0.2) is 32.5 Å². The number of hydrogen-bond donors (Lipinski definition) is 0. The molecule has 0 N–H and O–H groups in total. The van der Waals surface area contributed by atoms with E-state index < -0.39 is 0 Å². The molecular formula is C15H20O4P-. The third-order valence-corrected chi connectivity index (χ3v) is 4.91. The van der Waals surface area contributed by atoms with E-state index in [9.17, 15) is 5.11 Å². The Kier molecular flexibility index (Phi) is 5.27. The van der Waals surface area contributed by atoms with Gasteiger partial charge >= 0.3 is 0 Å². The van der Waals surface area contributed by atoms with Crippen LogP contribution in [0.25, 0.3) is 0 Å². The Balaban J connectivity index is 2.46. The first-order chi connectivity index (χ1) is 9.71. The Bertz CT molecular complexity index is 493. The van der Waals surface area contributed by atoms with Crippen LogP contribution in [0.4, 0.5) is 0 Å². The molecular weight excluding hydrogens is 275 g/mol. The molecule has 1 aromatic rings. The molecule has 1 saturated carbocycles. The third kappa shape index (κ3) is 3.08. The molecule has 1 aliphatic carbocycles. The zero-order chi connectivity index (χ0) is 14.5. The van der Waals surface area contributed by atoms with Crippen LogP contribution in [0.3, 0.4) is 0 Å². The first kappa shape index (κ1) is 15.1. The van der Waals surface area contributed by atoms with Crippen molar-refractivity contribution < 1.29 is 19.3 Å². The Labute approximate surface area is 121 Å². The molecule has 0 amide bonds. The molecule has 0 radical (unpaired) electrons. The van der Waals surface area contributed by atoms with Crippen molar-refractivity contribution in [1.29, 1.82) is 0 Å². The second kappa shape index (κ2) is 6.96. The van der Waals surface area contributed by atoms with Crippen LogP contribution in [0.2, 0.25) is 0 Å². The zero-order valence-corrected chi connectivity index (χ0v) is 13.0. The number of hydrogen-bond acceptors (Lipinski definition) is 4. The van der Waals surface area contributed by atoms with Gasteiger partial charge in [0.25, 0.3) is 0 Å². The van der Waals surface area contributed by atoms with E-state index in [1.807, 2.05) is 0 Å². The smallest absolute Gasteiger partial charge is 0.170 e. The highest BCUT2D eigenvalue weighted by molar-refractivity contribution is 7.41. The summed E-state index contributed by atoms with van der Waals surface area (Å²) in [5, 5.41) is 12.6. The monoisotopic (exact) mass is 295 g/mol. The van der Waals surface area contributed by atoms with Gasteiger partial charge in [0.15, 0.2) is 11.5 Å². The van der Waals surface area contributed by atoms with E-state index in [4.69, 9.17) is 14.2 Å². The lowest BCUT2D eigenvalue weighted by Crippen LogP contribution is -2.20. The summed E-state index contributed by atoms with van der Waals surface area (Å²) in [7, 11) is 5.50. The van der Waals surface area contributed by atoms with E-state index in [-0.39, 0.29) is 5.48 Å². The highest BCUT2D eigenvalue weighted by Crippen LogP contribution is 2.39. The first-order valence-corrected chi connectivity index (χ1v) is 7.71. The lowest BCUT2D eigenvalue weighted by molar-refractivity contribution is -0.207. The van der Waals surface area contributed by atoms with Crippen molar-refractivity contribution in [3.63, 3.8) is 0 Å². The first-order valence-electron chi connectivity index (χ1n) is 6.75. The van der Waals surface area contributed by atoms with Gasteiger partial charge in [-0.05, 0) is 30.6 Å². The lowest BCUT2D eigenvalue weighted by atomic mass is 10.1. The highest BCUT2D eigenvalue weighted by atomic mass is 31.1. The van der Waals surface area contributed by atoms with Crippen LogP contribution in [0.15, 0.2) is 12.1 Å². The van der Waals surface area contributed by atoms with Crippen LogP contribution >= 0.6 is 8.20 Å². The summed E-state index contributed by atoms with van der Waals surface area (Å²) in [6.07, 6.45) is 4.69. The van der Waals surface area contributed by atoms with E-state index in [1.54, 1.807) is 33.5 Å². The van der Waals surface area contributed by atoms with Gasteiger partial charge in [-0.2, -0.15) is 0 Å². The summed E-state index contributed by atoms with van der Waals surface area (Å²) < 4.78 is 15.9. The number of methoxy groups -OCH3 is 3. The molecule has 1 fully saturated rings. The largest absolute Gasteiger partial charge is 0.823 e. The molecule has 0 saturated heterocycles. The van der Waals surface area contributed by atoms with E-state index in [1.165, 1.54) is 12.8 Å². The maximum atomic E-state index is 12.6. The SMILES string of the molecule is COc1ccc(OC)c(C([O-])=PC2CCCC2)c1OC. The maximum absolute atomic E-state index is 12.6. The zero-order valence-electron chi connectivity index (χ0n) is 12.1. The van der Waals surface area contributed by atoms with Gasteiger partial charge in [-0.25, -0.2) is 0 Å². The number of ether oxygens (including phenoxy) is 3. The molecule has 1 aliphatic rings. The summed E-state index contributed by atoms with van der Waals surface area (Å²) >= 11 is 0. The molecule has 0 bridgehead atoms. The molecule has 0 atom stereocenters. The van der Waals surface area contributed by atoms with Crippen LogP contribution in [0, 0.1) is 0 Å². The van der Waals surface area contributed by atoms with Crippen molar-refractivity contribution in [2.24, 2.45) is 0 Å². The van der Waals surface area contributed by atoms with Crippen LogP contribution < -0.4 is 19.3 Å². The Morgan fingerprint density at radius 3 is 2.20 bits per heavy atom. The van der Waals surface area contributed by atoms with Gasteiger partial charge in [-0.15, -0.1) is 13.7 Å². The van der Waals surface area contributed by atoms with Gasteiger partial charge in [-0.3, -0.25) is 0 Å². The molecule has 1 aromatic carbocycles. The quantitative estimate of drug-likeness (QED) is 0.783. The molecule has 0 aromatic heterocycles. The normalized spacial score (nSPS) is 16.3. The standard InChI is InChI=1S/C15H21O4P/c1-17-11-8-9-12(18-2)14(19-3)13(11)15(16)20-10-6-4-5-7-10/h8-10,16H,4-7H2,1-3H3/p-1. The fourth-order valence-electron chi connectivity index (χ4n) is 2.55. The van der Waals surface area contributed by atoms with E-state index in [2.05, 4.69) is 0 Å². The summed E-state index contributed by atoms with van der Waals surface area (Å²) in [5.41, 5.74) is 0.996. The average Bonchev–Trinajstić information content (AvgIpc) is 2.98. The van der Waals surface area contributed by atoms with Crippen molar-refractivity contribution in [2.45, 2.75) is 31.3 Å². The van der Waals surface area contributed by atoms with E-state index >= 15 is 0 Å². The fraction of sp³-hybridized carbons (Fsp3) is 0.533. The second-order valence-corrected chi connectivity index (χ2v) is 6.15. The lowest BCUT2D eigenvalue weighted by Gasteiger charge is -2.22. The summed E-state index contributed by atoms with van der Waals surface area (Å²) in [5.74, 6) is 1.55. The van der Waals surface area contributed by atoms with Crippen molar-refractivity contribution in [3.05, 3.63) is 17.7 Å². The van der Waals surface area contributed by atoms with Gasteiger partial charge in [0, 0.05) is 0 Å². The number of rotatable bonds is 5. The third-order valence-electron chi connectivity index (χ3n) is 3.57. The molecule has 0 spiro atoms. The molecule has 2 rings (SSSR count). The predicted molar refractivity (Wildman–Crippen MR) is 79.4 cm³/mol. The predicted octanol–water partition coefficient (Wildman–Crippen LogP) is 2.44. The van der Waals surface area contributed by atoms with Crippen molar-refractivity contribution in [3.8, 4) is 17.2 Å². The average molecular weight is 295 g/mol. The minimum absolute atomic E-state index is 0.0458. The van der Waals surface area contributed by atoms with E-state index in [0.29, 0.717) is 28.5 Å². The molecule has 110 valence electrons. The van der Waals surface area contributed by atoms with Crippen molar-refractivity contribution in [1.82, 2.24) is 0 Å².